The van der Waals surface area contributed by atoms with Crippen LogP contribution in [0.4, 0.5) is 0 Å². The van der Waals surface area contributed by atoms with Gasteiger partial charge in [-0.15, -0.1) is 0 Å². The predicted octanol–water partition coefficient (Wildman–Crippen LogP) is 2.17. The molecule has 90 valence electrons. The maximum Gasteiger partial charge on any atom is 0.331 e. The van der Waals surface area contributed by atoms with Gasteiger partial charge in [-0.25, -0.2) is 4.79 Å². The third kappa shape index (κ3) is 1.88. The molecule has 0 aliphatic heterocycles. The molecule has 2 atom stereocenters. The van der Waals surface area contributed by atoms with Crippen LogP contribution in [0.2, 0.25) is 0 Å². The van der Waals surface area contributed by atoms with E-state index in [2.05, 4.69) is 24.7 Å². The first-order chi connectivity index (χ1) is 7.55. The molecular formula is C13H20O3. The average Bonchev–Trinajstić information content (AvgIpc) is 2.28. The number of fused-ring (bicyclic) bond motifs is 1. The van der Waals surface area contributed by atoms with Crippen LogP contribution in [0.5, 0.6) is 0 Å². The molecule has 2 unspecified atom stereocenters. The number of rotatable bonds is 4. The van der Waals surface area contributed by atoms with Crippen molar-refractivity contribution in [1.29, 1.82) is 0 Å². The Bertz CT molecular complexity index is 317. The highest BCUT2D eigenvalue weighted by Gasteiger charge is 2.50. The second-order valence-electron chi connectivity index (χ2n) is 5.39. The standard InChI is InChI=1S/C13H20O3/c1-13(2)10-5-4-9(11(13)6-10)7-16-8-12(14)15-3/h4,10-11H,5-8H2,1-3H3. The maximum atomic E-state index is 10.9. The minimum absolute atomic E-state index is 0.0599. The summed E-state index contributed by atoms with van der Waals surface area (Å²) in [5.41, 5.74) is 1.80. The number of allylic oxidation sites excluding steroid dienone is 1. The summed E-state index contributed by atoms with van der Waals surface area (Å²) in [6, 6.07) is 0. The van der Waals surface area contributed by atoms with E-state index in [1.807, 2.05) is 0 Å². The van der Waals surface area contributed by atoms with E-state index < -0.39 is 0 Å². The van der Waals surface area contributed by atoms with Crippen molar-refractivity contribution in [3.8, 4) is 0 Å². The van der Waals surface area contributed by atoms with Gasteiger partial charge in [-0.3, -0.25) is 0 Å². The summed E-state index contributed by atoms with van der Waals surface area (Å²) in [5, 5.41) is 0. The summed E-state index contributed by atoms with van der Waals surface area (Å²) >= 11 is 0. The van der Waals surface area contributed by atoms with Crippen molar-refractivity contribution in [3.05, 3.63) is 11.6 Å². The molecule has 0 radical (unpaired) electrons. The lowest BCUT2D eigenvalue weighted by molar-refractivity contribution is -0.145. The van der Waals surface area contributed by atoms with Crippen molar-refractivity contribution in [2.75, 3.05) is 20.3 Å². The fourth-order valence-electron chi connectivity index (χ4n) is 2.95. The van der Waals surface area contributed by atoms with Crippen LogP contribution in [0, 0.1) is 17.3 Å². The lowest BCUT2D eigenvalue weighted by atomic mass is 9.49. The molecule has 3 heteroatoms. The molecule has 16 heavy (non-hydrogen) atoms. The molecule has 1 saturated carbocycles. The van der Waals surface area contributed by atoms with Gasteiger partial charge in [-0.2, -0.15) is 0 Å². The van der Waals surface area contributed by atoms with Crippen molar-refractivity contribution in [1.82, 2.24) is 0 Å². The number of esters is 1. The molecule has 0 spiro atoms. The highest BCUT2D eigenvalue weighted by atomic mass is 16.6. The summed E-state index contributed by atoms with van der Waals surface area (Å²) in [6.45, 7) is 5.30. The first-order valence-electron chi connectivity index (χ1n) is 5.89. The van der Waals surface area contributed by atoms with Crippen LogP contribution < -0.4 is 0 Å². The fourth-order valence-corrected chi connectivity index (χ4v) is 2.95. The van der Waals surface area contributed by atoms with Crippen molar-refractivity contribution in [3.63, 3.8) is 0 Å². The first-order valence-corrected chi connectivity index (χ1v) is 5.89. The second-order valence-corrected chi connectivity index (χ2v) is 5.39. The highest BCUT2D eigenvalue weighted by Crippen LogP contribution is 2.59. The summed E-state index contributed by atoms with van der Waals surface area (Å²) in [5.74, 6) is 1.20. The molecule has 0 heterocycles. The van der Waals surface area contributed by atoms with Crippen molar-refractivity contribution in [2.45, 2.75) is 26.7 Å². The van der Waals surface area contributed by atoms with Gasteiger partial charge in [0, 0.05) is 0 Å². The van der Waals surface area contributed by atoms with E-state index in [-0.39, 0.29) is 12.6 Å². The Kier molecular flexibility index (Phi) is 3.06. The van der Waals surface area contributed by atoms with E-state index in [1.165, 1.54) is 25.5 Å². The third-order valence-corrected chi connectivity index (χ3v) is 4.30. The van der Waals surface area contributed by atoms with Gasteiger partial charge < -0.3 is 9.47 Å². The summed E-state index contributed by atoms with van der Waals surface area (Å²) in [6.07, 6.45) is 4.75. The lowest BCUT2D eigenvalue weighted by Gasteiger charge is -2.56. The van der Waals surface area contributed by atoms with Gasteiger partial charge in [0.15, 0.2) is 0 Å². The normalized spacial score (nSPS) is 30.3. The summed E-state index contributed by atoms with van der Waals surface area (Å²) in [7, 11) is 1.38. The van der Waals surface area contributed by atoms with Crippen LogP contribution in [0.3, 0.4) is 0 Å². The molecule has 0 aromatic heterocycles. The lowest BCUT2D eigenvalue weighted by Crippen LogP contribution is -2.48. The van der Waals surface area contributed by atoms with E-state index in [0.29, 0.717) is 17.9 Å². The first kappa shape index (κ1) is 11.6. The zero-order chi connectivity index (χ0) is 11.8. The molecule has 0 N–H and O–H groups in total. The molecule has 3 aliphatic carbocycles. The van der Waals surface area contributed by atoms with Gasteiger partial charge in [0.25, 0.3) is 0 Å². The Morgan fingerprint density at radius 1 is 1.56 bits per heavy atom. The fraction of sp³-hybridized carbons (Fsp3) is 0.769. The van der Waals surface area contributed by atoms with Gasteiger partial charge in [0.05, 0.1) is 13.7 Å². The Morgan fingerprint density at radius 2 is 2.31 bits per heavy atom. The summed E-state index contributed by atoms with van der Waals surface area (Å²) < 4.78 is 9.91. The minimum atomic E-state index is -0.304. The number of methoxy groups -OCH3 is 1. The molecule has 0 aromatic rings. The minimum Gasteiger partial charge on any atom is -0.467 e. The van der Waals surface area contributed by atoms with Gasteiger partial charge >= 0.3 is 5.97 Å². The Labute approximate surface area is 96.8 Å². The van der Waals surface area contributed by atoms with Crippen molar-refractivity contribution >= 4 is 5.97 Å². The van der Waals surface area contributed by atoms with Crippen LogP contribution in [-0.4, -0.2) is 26.3 Å². The number of hydrogen-bond acceptors (Lipinski definition) is 3. The number of ether oxygens (including phenoxy) is 2. The van der Waals surface area contributed by atoms with E-state index in [0.717, 1.165) is 5.92 Å². The maximum absolute atomic E-state index is 10.9. The molecule has 3 aliphatic rings. The Balaban J connectivity index is 1.83. The third-order valence-electron chi connectivity index (χ3n) is 4.30. The number of carbonyl (C=O) groups is 1. The average molecular weight is 224 g/mol. The van der Waals surface area contributed by atoms with E-state index in [1.54, 1.807) is 0 Å². The molecule has 3 nitrogen and oxygen atoms in total. The van der Waals surface area contributed by atoms with E-state index in [4.69, 9.17) is 4.74 Å². The molecule has 0 aromatic carbocycles. The highest BCUT2D eigenvalue weighted by molar-refractivity contribution is 5.70. The van der Waals surface area contributed by atoms with Gasteiger partial charge in [0.1, 0.15) is 6.61 Å². The Morgan fingerprint density at radius 3 is 2.88 bits per heavy atom. The van der Waals surface area contributed by atoms with Gasteiger partial charge in [-0.1, -0.05) is 19.9 Å². The number of carbonyl (C=O) groups excluding carboxylic acids is 1. The SMILES string of the molecule is COC(=O)COCC1=CCC2CC1C2(C)C. The molecule has 0 amide bonds. The number of hydrogen-bond donors (Lipinski definition) is 0. The van der Waals surface area contributed by atoms with Crippen LogP contribution in [0.15, 0.2) is 11.6 Å². The molecular weight excluding hydrogens is 204 g/mol. The Hall–Kier alpha value is -0.830. The van der Waals surface area contributed by atoms with Crippen molar-refractivity contribution in [2.24, 2.45) is 17.3 Å². The van der Waals surface area contributed by atoms with Gasteiger partial charge in [0.2, 0.25) is 0 Å². The van der Waals surface area contributed by atoms with Crippen LogP contribution in [0.25, 0.3) is 0 Å². The van der Waals surface area contributed by atoms with Crippen LogP contribution in [0.1, 0.15) is 26.7 Å². The van der Waals surface area contributed by atoms with E-state index >= 15 is 0 Å². The summed E-state index contributed by atoms with van der Waals surface area (Å²) in [4.78, 5) is 10.9. The molecule has 3 rings (SSSR count). The van der Waals surface area contributed by atoms with E-state index in [9.17, 15) is 4.79 Å². The van der Waals surface area contributed by atoms with Crippen LogP contribution in [-0.2, 0) is 14.3 Å². The topological polar surface area (TPSA) is 35.5 Å². The zero-order valence-corrected chi connectivity index (χ0v) is 10.3. The van der Waals surface area contributed by atoms with Crippen molar-refractivity contribution < 1.29 is 14.3 Å². The second kappa shape index (κ2) is 4.21. The monoisotopic (exact) mass is 224 g/mol. The molecule has 1 fully saturated rings. The predicted molar refractivity (Wildman–Crippen MR) is 60.9 cm³/mol. The smallest absolute Gasteiger partial charge is 0.331 e. The van der Waals surface area contributed by atoms with Crippen LogP contribution >= 0.6 is 0 Å². The quantitative estimate of drug-likeness (QED) is 0.542. The molecule has 2 bridgehead atoms. The largest absolute Gasteiger partial charge is 0.467 e. The molecule has 0 saturated heterocycles. The van der Waals surface area contributed by atoms with Gasteiger partial charge in [-0.05, 0) is 35.7 Å². The zero-order valence-electron chi connectivity index (χ0n) is 10.3.